The fourth-order valence-electron chi connectivity index (χ4n) is 0.775. The molecule has 0 aliphatic carbocycles. The number of rotatable bonds is 5. The van der Waals surface area contributed by atoms with Gasteiger partial charge in [-0.15, -0.1) is 0 Å². The van der Waals surface area contributed by atoms with Crippen molar-refractivity contribution in [1.82, 2.24) is 0 Å². The Morgan fingerprint density at radius 2 is 2.18 bits per heavy atom. The second kappa shape index (κ2) is 6.60. The summed E-state index contributed by atoms with van der Waals surface area (Å²) in [4.78, 5) is 10.6. The molecule has 0 fully saturated rings. The Hall–Kier alpha value is -0.100. The molecule has 0 aliphatic rings. The van der Waals surface area contributed by atoms with E-state index in [1.165, 1.54) is 19.5 Å². The lowest BCUT2D eigenvalue weighted by atomic mass is 10.5. The first-order chi connectivity index (χ1) is 5.20. The normalized spacial score (nSPS) is 13.7. The molecule has 0 spiro atoms. The van der Waals surface area contributed by atoms with E-state index in [0.29, 0.717) is 0 Å². The third kappa shape index (κ3) is 6.30. The quantitative estimate of drug-likeness (QED) is 0.475. The van der Waals surface area contributed by atoms with Crippen molar-refractivity contribution >= 4 is 14.6 Å². The van der Waals surface area contributed by atoms with Crippen LogP contribution in [0, 0.1) is 0 Å². The third-order valence-corrected chi connectivity index (χ3v) is 3.07. The number of carbonyl (C=O) groups is 1. The number of esters is 1. The molecule has 0 amide bonds. The molecule has 0 N–H and O–H groups in total. The van der Waals surface area contributed by atoms with Crippen LogP contribution in [0.15, 0.2) is 0 Å². The van der Waals surface area contributed by atoms with Crippen LogP contribution in [0.4, 0.5) is 0 Å². The molecular weight excluding hydrogens is 159 g/mol. The second-order valence-electron chi connectivity index (χ2n) is 2.46. The zero-order valence-electron chi connectivity index (χ0n) is 7.52. The number of hydrogen-bond donors (Lipinski definition) is 0. The van der Waals surface area contributed by atoms with Crippen molar-refractivity contribution < 1.29 is 9.53 Å². The molecule has 0 aromatic heterocycles. The molecule has 0 saturated heterocycles. The lowest BCUT2D eigenvalue weighted by Crippen LogP contribution is -2.10. The van der Waals surface area contributed by atoms with Gasteiger partial charge >= 0.3 is 5.97 Å². The van der Waals surface area contributed by atoms with E-state index in [0.717, 1.165) is 15.0 Å². The van der Waals surface area contributed by atoms with E-state index in [1.807, 2.05) is 0 Å². The first-order valence-corrected chi connectivity index (χ1v) is 5.39. The molecule has 0 aliphatic heterocycles. The monoisotopic (exact) mass is 176 g/mol. The summed E-state index contributed by atoms with van der Waals surface area (Å²) < 4.78 is 5.07. The van der Waals surface area contributed by atoms with Crippen LogP contribution in [0.2, 0.25) is 0 Å². The first kappa shape index (κ1) is 10.9. The Balaban J connectivity index is 3.49. The summed E-state index contributed by atoms with van der Waals surface area (Å²) >= 11 is 0. The van der Waals surface area contributed by atoms with Gasteiger partial charge in [0.1, 0.15) is 5.85 Å². The van der Waals surface area contributed by atoms with Crippen molar-refractivity contribution in [1.29, 1.82) is 0 Å². The van der Waals surface area contributed by atoms with Crippen molar-refractivity contribution in [3.63, 3.8) is 0 Å². The zero-order valence-corrected chi connectivity index (χ0v) is 8.52. The first-order valence-electron chi connectivity index (χ1n) is 4.11. The van der Waals surface area contributed by atoms with Crippen LogP contribution in [0.5, 0.6) is 0 Å². The molecule has 0 radical (unpaired) electrons. The van der Waals surface area contributed by atoms with Crippen molar-refractivity contribution in [3.05, 3.63) is 0 Å². The maximum atomic E-state index is 10.6. The summed E-state index contributed by atoms with van der Waals surface area (Å²) in [5.41, 5.74) is 0. The fraction of sp³-hybridized carbons (Fsp3) is 0.875. The summed E-state index contributed by atoms with van der Waals surface area (Å²) in [6, 6.07) is 0. The molecule has 11 heavy (non-hydrogen) atoms. The molecule has 0 aromatic rings. The summed E-state index contributed by atoms with van der Waals surface area (Å²) in [5.74, 6) is 0.0212. The molecule has 0 heterocycles. The molecule has 2 atom stereocenters. The molecule has 0 bridgehead atoms. The van der Waals surface area contributed by atoms with Gasteiger partial charge in [0.05, 0.1) is 0 Å². The standard InChI is InChI=1S/C8H17O2P/c1-4-6-11-8(5-2)10-7(3)9/h8,11H,4-6H2,1-3H3. The summed E-state index contributed by atoms with van der Waals surface area (Å²) in [6.45, 7) is 5.67. The van der Waals surface area contributed by atoms with Crippen LogP contribution in [-0.2, 0) is 9.53 Å². The van der Waals surface area contributed by atoms with E-state index in [4.69, 9.17) is 4.74 Å². The fourth-order valence-corrected chi connectivity index (χ4v) is 1.92. The maximum absolute atomic E-state index is 10.6. The number of carbonyl (C=O) groups excluding carboxylic acids is 1. The molecule has 2 unspecified atom stereocenters. The van der Waals surface area contributed by atoms with Crippen molar-refractivity contribution in [2.24, 2.45) is 0 Å². The van der Waals surface area contributed by atoms with Crippen LogP contribution >= 0.6 is 8.58 Å². The molecule has 66 valence electrons. The van der Waals surface area contributed by atoms with Gasteiger partial charge in [0.25, 0.3) is 0 Å². The van der Waals surface area contributed by atoms with Crippen molar-refractivity contribution in [2.45, 2.75) is 39.5 Å². The highest BCUT2D eigenvalue weighted by molar-refractivity contribution is 7.38. The topological polar surface area (TPSA) is 26.3 Å². The minimum atomic E-state index is -0.152. The van der Waals surface area contributed by atoms with E-state index in [9.17, 15) is 4.79 Å². The Kier molecular flexibility index (Phi) is 6.54. The van der Waals surface area contributed by atoms with Crippen molar-refractivity contribution in [2.75, 3.05) is 6.16 Å². The Morgan fingerprint density at radius 3 is 2.55 bits per heavy atom. The molecule has 3 heteroatoms. The third-order valence-electron chi connectivity index (χ3n) is 1.30. The summed E-state index contributed by atoms with van der Waals surface area (Å²) in [6.07, 6.45) is 3.29. The molecule has 0 saturated carbocycles. The largest absolute Gasteiger partial charge is 0.458 e. The molecular formula is C8H17O2P. The van der Waals surface area contributed by atoms with Crippen molar-refractivity contribution in [3.8, 4) is 0 Å². The Morgan fingerprint density at radius 1 is 1.55 bits per heavy atom. The number of hydrogen-bond acceptors (Lipinski definition) is 2. The smallest absolute Gasteiger partial charge is 0.303 e. The van der Waals surface area contributed by atoms with E-state index in [2.05, 4.69) is 13.8 Å². The van der Waals surface area contributed by atoms with Gasteiger partial charge in [0, 0.05) is 6.92 Å². The van der Waals surface area contributed by atoms with E-state index < -0.39 is 0 Å². The lowest BCUT2D eigenvalue weighted by molar-refractivity contribution is -0.142. The maximum Gasteiger partial charge on any atom is 0.303 e. The Labute approximate surface area is 70.5 Å². The van der Waals surface area contributed by atoms with Gasteiger partial charge in [-0.05, 0) is 12.6 Å². The minimum Gasteiger partial charge on any atom is -0.458 e. The molecule has 0 aromatic carbocycles. The van der Waals surface area contributed by atoms with Crippen LogP contribution in [-0.4, -0.2) is 18.0 Å². The van der Waals surface area contributed by atoms with Gasteiger partial charge in [0.2, 0.25) is 0 Å². The zero-order chi connectivity index (χ0) is 8.69. The van der Waals surface area contributed by atoms with Gasteiger partial charge < -0.3 is 4.74 Å². The average molecular weight is 176 g/mol. The average Bonchev–Trinajstić information content (AvgIpc) is 1.97. The van der Waals surface area contributed by atoms with Gasteiger partial charge in [-0.1, -0.05) is 28.8 Å². The van der Waals surface area contributed by atoms with E-state index in [-0.39, 0.29) is 11.8 Å². The second-order valence-corrected chi connectivity index (χ2v) is 4.01. The lowest BCUT2D eigenvalue weighted by Gasteiger charge is -2.13. The highest BCUT2D eigenvalue weighted by Crippen LogP contribution is 2.23. The SMILES string of the molecule is CCCPC(CC)OC(C)=O. The molecule has 0 rings (SSSR count). The van der Waals surface area contributed by atoms with Crippen LogP contribution in [0.1, 0.15) is 33.6 Å². The number of ether oxygens (including phenoxy) is 1. The van der Waals surface area contributed by atoms with Gasteiger partial charge in [0.15, 0.2) is 0 Å². The summed E-state index contributed by atoms with van der Waals surface area (Å²) in [5, 5.41) is 0. The predicted octanol–water partition coefficient (Wildman–Crippen LogP) is 2.37. The van der Waals surface area contributed by atoms with Gasteiger partial charge in [-0.2, -0.15) is 0 Å². The van der Waals surface area contributed by atoms with Crippen LogP contribution in [0.25, 0.3) is 0 Å². The molecule has 2 nitrogen and oxygen atoms in total. The van der Waals surface area contributed by atoms with Gasteiger partial charge in [-0.3, -0.25) is 4.79 Å². The Bertz CT molecular complexity index is 115. The summed E-state index contributed by atoms with van der Waals surface area (Å²) in [7, 11) is 0.773. The van der Waals surface area contributed by atoms with Crippen LogP contribution in [0.3, 0.4) is 0 Å². The van der Waals surface area contributed by atoms with Crippen LogP contribution < -0.4 is 0 Å². The highest BCUT2D eigenvalue weighted by Gasteiger charge is 2.07. The van der Waals surface area contributed by atoms with Gasteiger partial charge in [-0.25, -0.2) is 0 Å². The van der Waals surface area contributed by atoms with E-state index >= 15 is 0 Å². The van der Waals surface area contributed by atoms with E-state index in [1.54, 1.807) is 0 Å². The predicted molar refractivity (Wildman–Crippen MR) is 49.3 cm³/mol. The minimum absolute atomic E-state index is 0.152. The highest BCUT2D eigenvalue weighted by atomic mass is 31.1.